The number of halogens is 1. The van der Waals surface area contributed by atoms with Gasteiger partial charge in [-0.1, -0.05) is 30.7 Å². The monoisotopic (exact) mass is 408 g/mol. The molecule has 0 unspecified atom stereocenters. The summed E-state index contributed by atoms with van der Waals surface area (Å²) in [5.74, 6) is 1.99. The fraction of sp³-hybridized carbons (Fsp3) is 0.435. The minimum atomic E-state index is 0.0709. The van der Waals surface area contributed by atoms with Gasteiger partial charge in [0, 0.05) is 49.2 Å². The van der Waals surface area contributed by atoms with Crippen LogP contribution in [0.4, 0.5) is 5.82 Å². The lowest BCUT2D eigenvalue weighted by Gasteiger charge is -2.34. The third-order valence-corrected chi connectivity index (χ3v) is 6.52. The molecule has 1 aromatic carbocycles. The van der Waals surface area contributed by atoms with Gasteiger partial charge < -0.3 is 9.80 Å². The second-order valence-electron chi connectivity index (χ2n) is 8.15. The Kier molecular flexibility index (Phi) is 5.73. The van der Waals surface area contributed by atoms with Gasteiger partial charge in [-0.3, -0.25) is 4.79 Å². The zero-order chi connectivity index (χ0) is 20.4. The van der Waals surface area contributed by atoms with Crippen molar-refractivity contribution in [1.82, 2.24) is 9.88 Å². The van der Waals surface area contributed by atoms with Gasteiger partial charge in [-0.15, -0.1) is 0 Å². The van der Waals surface area contributed by atoms with E-state index < -0.39 is 0 Å². The van der Waals surface area contributed by atoms with E-state index in [1.54, 1.807) is 12.3 Å². The number of pyridine rings is 1. The number of carbonyl (C=O) groups excluding carboxylic acids is 1. The van der Waals surface area contributed by atoms with E-state index >= 15 is 0 Å². The lowest BCUT2D eigenvalue weighted by Crippen LogP contribution is -2.42. The molecule has 0 N–H and O–H groups in total. The van der Waals surface area contributed by atoms with Crippen molar-refractivity contribution in [2.45, 2.75) is 25.7 Å². The fourth-order valence-electron chi connectivity index (χ4n) is 4.57. The molecule has 1 aromatic heterocycles. The molecule has 5 nitrogen and oxygen atoms in total. The lowest BCUT2D eigenvalue weighted by molar-refractivity contribution is -0.135. The maximum atomic E-state index is 13.1. The Labute approximate surface area is 176 Å². The quantitative estimate of drug-likeness (QED) is 0.767. The van der Waals surface area contributed by atoms with Gasteiger partial charge in [0.05, 0.1) is 11.6 Å². The van der Waals surface area contributed by atoms with E-state index in [0.717, 1.165) is 49.9 Å². The highest BCUT2D eigenvalue weighted by molar-refractivity contribution is 6.30. The Morgan fingerprint density at radius 2 is 1.90 bits per heavy atom. The molecular weight excluding hydrogens is 384 g/mol. The molecule has 150 valence electrons. The van der Waals surface area contributed by atoms with E-state index in [1.165, 1.54) is 5.56 Å². The Bertz CT molecular complexity index is 915. The predicted octanol–water partition coefficient (Wildman–Crippen LogP) is 4.09. The zero-order valence-corrected chi connectivity index (χ0v) is 17.3. The summed E-state index contributed by atoms with van der Waals surface area (Å²) in [6, 6.07) is 13.7. The van der Waals surface area contributed by atoms with Gasteiger partial charge in [0.15, 0.2) is 0 Å². The summed E-state index contributed by atoms with van der Waals surface area (Å²) in [6.07, 6.45) is 3.33. The average molecular weight is 409 g/mol. The van der Waals surface area contributed by atoms with Crippen molar-refractivity contribution in [2.24, 2.45) is 11.8 Å². The molecule has 2 atom stereocenters. The number of nitrogens with zero attached hydrogens (tertiary/aromatic N) is 4. The van der Waals surface area contributed by atoms with Crippen LogP contribution in [0.25, 0.3) is 0 Å². The zero-order valence-electron chi connectivity index (χ0n) is 16.6. The minimum absolute atomic E-state index is 0.0709. The summed E-state index contributed by atoms with van der Waals surface area (Å²) in [6.45, 7) is 5.42. The van der Waals surface area contributed by atoms with Crippen molar-refractivity contribution in [3.8, 4) is 6.07 Å². The third kappa shape index (κ3) is 4.23. The van der Waals surface area contributed by atoms with E-state index in [9.17, 15) is 4.79 Å². The van der Waals surface area contributed by atoms with Crippen LogP contribution in [0.15, 0.2) is 42.6 Å². The number of benzene rings is 1. The first-order valence-electron chi connectivity index (χ1n) is 10.2. The highest BCUT2D eigenvalue weighted by Gasteiger charge is 2.37. The van der Waals surface area contributed by atoms with Crippen molar-refractivity contribution in [3.05, 3.63) is 58.7 Å². The Morgan fingerprint density at radius 1 is 1.17 bits per heavy atom. The fourth-order valence-corrected chi connectivity index (χ4v) is 4.69. The lowest BCUT2D eigenvalue weighted by atomic mass is 9.90. The van der Waals surface area contributed by atoms with Crippen LogP contribution < -0.4 is 4.90 Å². The standard InChI is InChI=1S/C23H25ClN4O/c1-16-14-28(15-21(16)18-2-4-20(24)5-3-18)23(29)19-7-10-27(11-8-19)22-12-17(13-25)6-9-26-22/h2-6,9,12,16,19,21H,7-8,10-11,14-15H2,1H3/t16-,21-/m1/s1. The smallest absolute Gasteiger partial charge is 0.225 e. The number of nitriles is 1. The van der Waals surface area contributed by atoms with Crippen molar-refractivity contribution in [2.75, 3.05) is 31.1 Å². The van der Waals surface area contributed by atoms with Crippen LogP contribution in [0.5, 0.6) is 0 Å². The minimum Gasteiger partial charge on any atom is -0.357 e. The van der Waals surface area contributed by atoms with Crippen molar-refractivity contribution < 1.29 is 4.79 Å². The molecule has 2 aliphatic heterocycles. The summed E-state index contributed by atoms with van der Waals surface area (Å²) in [5, 5.41) is 9.83. The first-order chi connectivity index (χ1) is 14.0. The van der Waals surface area contributed by atoms with E-state index in [2.05, 4.69) is 39.9 Å². The number of rotatable bonds is 3. The van der Waals surface area contributed by atoms with Crippen LogP contribution in [0, 0.1) is 23.2 Å². The molecule has 2 aromatic rings. The molecule has 4 rings (SSSR count). The van der Waals surface area contributed by atoms with Gasteiger partial charge in [0.1, 0.15) is 5.82 Å². The number of aromatic nitrogens is 1. The molecule has 6 heteroatoms. The van der Waals surface area contributed by atoms with E-state index in [0.29, 0.717) is 17.4 Å². The molecule has 0 saturated carbocycles. The number of piperidine rings is 1. The average Bonchev–Trinajstić information content (AvgIpc) is 3.15. The van der Waals surface area contributed by atoms with Crippen LogP contribution in [0.1, 0.15) is 36.8 Å². The maximum Gasteiger partial charge on any atom is 0.225 e. The van der Waals surface area contributed by atoms with E-state index in [-0.39, 0.29) is 11.8 Å². The molecule has 29 heavy (non-hydrogen) atoms. The van der Waals surface area contributed by atoms with Gasteiger partial charge in [-0.05, 0) is 48.6 Å². The topological polar surface area (TPSA) is 60.2 Å². The largest absolute Gasteiger partial charge is 0.357 e. The molecule has 0 bridgehead atoms. The summed E-state index contributed by atoms with van der Waals surface area (Å²) < 4.78 is 0. The van der Waals surface area contributed by atoms with Crippen molar-refractivity contribution in [1.29, 1.82) is 5.26 Å². The molecule has 2 saturated heterocycles. The normalized spacial score (nSPS) is 22.5. The molecule has 1 amide bonds. The van der Waals surface area contributed by atoms with Crippen molar-refractivity contribution >= 4 is 23.3 Å². The van der Waals surface area contributed by atoms with Gasteiger partial charge in [-0.25, -0.2) is 4.98 Å². The summed E-state index contributed by atoms with van der Waals surface area (Å²) in [4.78, 5) is 21.8. The van der Waals surface area contributed by atoms with Crippen molar-refractivity contribution in [3.63, 3.8) is 0 Å². The molecule has 2 fully saturated rings. The molecule has 0 aliphatic carbocycles. The molecular formula is C23H25ClN4O. The number of hydrogen-bond acceptors (Lipinski definition) is 4. The van der Waals surface area contributed by atoms with Gasteiger partial charge in [0.2, 0.25) is 5.91 Å². The second-order valence-corrected chi connectivity index (χ2v) is 8.59. The SMILES string of the molecule is C[C@@H]1CN(C(=O)C2CCN(c3cc(C#N)ccn3)CC2)C[C@H]1c1ccc(Cl)cc1. The summed E-state index contributed by atoms with van der Waals surface area (Å²) in [7, 11) is 0. The highest BCUT2D eigenvalue weighted by Crippen LogP contribution is 2.35. The Morgan fingerprint density at radius 3 is 2.59 bits per heavy atom. The number of hydrogen-bond donors (Lipinski definition) is 0. The van der Waals surface area contributed by atoms with Gasteiger partial charge in [-0.2, -0.15) is 5.26 Å². The number of anilines is 1. The number of likely N-dealkylation sites (tertiary alicyclic amines) is 1. The van der Waals surface area contributed by atoms with Gasteiger partial charge >= 0.3 is 0 Å². The Hall–Kier alpha value is -2.58. The summed E-state index contributed by atoms with van der Waals surface area (Å²) in [5.41, 5.74) is 1.88. The Balaban J connectivity index is 1.36. The van der Waals surface area contributed by atoms with E-state index in [1.807, 2.05) is 18.2 Å². The van der Waals surface area contributed by atoms with Crippen LogP contribution in [0.3, 0.4) is 0 Å². The molecule has 0 radical (unpaired) electrons. The maximum absolute atomic E-state index is 13.1. The summed E-state index contributed by atoms with van der Waals surface area (Å²) >= 11 is 6.02. The van der Waals surface area contributed by atoms with Crippen LogP contribution in [-0.2, 0) is 4.79 Å². The van der Waals surface area contributed by atoms with Gasteiger partial charge in [0.25, 0.3) is 0 Å². The molecule has 2 aliphatic rings. The highest BCUT2D eigenvalue weighted by atomic mass is 35.5. The predicted molar refractivity (Wildman–Crippen MR) is 114 cm³/mol. The van der Waals surface area contributed by atoms with E-state index in [4.69, 9.17) is 16.9 Å². The van der Waals surface area contributed by atoms with Crippen LogP contribution in [0.2, 0.25) is 5.02 Å². The first kappa shape index (κ1) is 19.7. The van der Waals surface area contributed by atoms with Crippen LogP contribution in [-0.4, -0.2) is 42.0 Å². The molecule has 3 heterocycles. The van der Waals surface area contributed by atoms with Crippen LogP contribution >= 0.6 is 11.6 Å². The number of amides is 1. The molecule has 0 spiro atoms. The second kappa shape index (κ2) is 8.42. The first-order valence-corrected chi connectivity index (χ1v) is 10.6. The number of carbonyl (C=O) groups is 1. The third-order valence-electron chi connectivity index (χ3n) is 6.26.